The van der Waals surface area contributed by atoms with Gasteiger partial charge in [0.2, 0.25) is 0 Å². The molecule has 6 rings (SSSR count). The lowest BCUT2D eigenvalue weighted by atomic mass is 10.0. The fraction of sp³-hybridized carbons (Fsp3) is 0.143. The van der Waals surface area contributed by atoms with E-state index in [1.54, 1.807) is 24.7 Å². The first-order valence-electron chi connectivity index (χ1n) is 12.0. The normalized spacial score (nSPS) is 11.6. The zero-order chi connectivity index (χ0) is 25.4. The second kappa shape index (κ2) is 9.44. The summed E-state index contributed by atoms with van der Waals surface area (Å²) in [6, 6.07) is 16.7. The molecule has 6 aromatic rings. The summed E-state index contributed by atoms with van der Waals surface area (Å²) in [7, 11) is 4.02. The maximum absolute atomic E-state index is 14.6. The minimum atomic E-state index is -0.295. The maximum Gasteiger partial charge on any atom is 0.138 e. The Morgan fingerprint density at radius 1 is 1.00 bits per heavy atom. The highest BCUT2D eigenvalue weighted by molar-refractivity contribution is 5.99. The molecular weight excluding hydrogens is 467 g/mol. The summed E-state index contributed by atoms with van der Waals surface area (Å²) in [5, 5.41) is 11.8. The SMILES string of the molecule is CN(C)CCNc1cc(F)cc(-c2ccnc3[nH]c(-c4n[nH]c5ccc(-c6cccnc6)nc45)cc23)c1. The Bertz CT molecular complexity index is 1700. The number of rotatable bonds is 7. The zero-order valence-electron chi connectivity index (χ0n) is 20.5. The third-order valence-electron chi connectivity index (χ3n) is 6.25. The predicted molar refractivity (Wildman–Crippen MR) is 145 cm³/mol. The van der Waals surface area contributed by atoms with Crippen LogP contribution in [0, 0.1) is 5.82 Å². The molecule has 0 spiro atoms. The van der Waals surface area contributed by atoms with E-state index in [2.05, 4.69) is 35.4 Å². The number of pyridine rings is 3. The van der Waals surface area contributed by atoms with Crippen molar-refractivity contribution in [2.75, 3.05) is 32.5 Å². The first kappa shape index (κ1) is 22.8. The molecule has 0 radical (unpaired) electrons. The van der Waals surface area contributed by atoms with Gasteiger partial charge in [-0.15, -0.1) is 0 Å². The molecule has 0 saturated heterocycles. The Kier molecular flexibility index (Phi) is 5.82. The fourth-order valence-corrected chi connectivity index (χ4v) is 4.44. The molecule has 5 aromatic heterocycles. The number of likely N-dealkylation sites (N-methyl/N-ethyl adjacent to an activating group) is 1. The molecule has 0 aliphatic carbocycles. The van der Waals surface area contributed by atoms with Crippen LogP contribution in [0.3, 0.4) is 0 Å². The molecule has 0 aliphatic heterocycles. The van der Waals surface area contributed by atoms with E-state index in [0.29, 0.717) is 11.3 Å². The van der Waals surface area contributed by atoms with Crippen LogP contribution in [0.25, 0.3) is 55.8 Å². The summed E-state index contributed by atoms with van der Waals surface area (Å²) in [6.45, 7) is 1.57. The van der Waals surface area contributed by atoms with Crippen molar-refractivity contribution in [3.8, 4) is 33.8 Å². The Morgan fingerprint density at radius 2 is 1.92 bits per heavy atom. The smallest absolute Gasteiger partial charge is 0.138 e. The molecule has 0 amide bonds. The average molecular weight is 493 g/mol. The standard InChI is InChI=1S/C28H25FN8/c1-37(2)11-10-31-20-13-18(12-19(29)14-20)21-7-9-32-28-22(21)15-25(34-28)27-26-24(35-36-27)6-5-23(33-26)17-4-3-8-30-16-17/h3-9,12-16,31H,10-11H2,1-2H3,(H,32,34)(H,35,36). The Balaban J connectivity index is 1.41. The largest absolute Gasteiger partial charge is 0.384 e. The number of aromatic nitrogens is 6. The molecule has 184 valence electrons. The number of hydrogen-bond donors (Lipinski definition) is 3. The van der Waals surface area contributed by atoms with Crippen LogP contribution in [-0.4, -0.2) is 62.2 Å². The van der Waals surface area contributed by atoms with Crippen molar-refractivity contribution in [2.24, 2.45) is 0 Å². The van der Waals surface area contributed by atoms with Crippen LogP contribution < -0.4 is 5.32 Å². The zero-order valence-corrected chi connectivity index (χ0v) is 20.5. The van der Waals surface area contributed by atoms with E-state index in [1.807, 2.05) is 56.6 Å². The van der Waals surface area contributed by atoms with Gasteiger partial charge in [-0.05, 0) is 79.8 Å². The summed E-state index contributed by atoms with van der Waals surface area (Å²) in [5.41, 5.74) is 7.86. The van der Waals surface area contributed by atoms with Gasteiger partial charge in [-0.25, -0.2) is 14.4 Å². The summed E-state index contributed by atoms with van der Waals surface area (Å²) >= 11 is 0. The van der Waals surface area contributed by atoms with Gasteiger partial charge in [0.15, 0.2) is 0 Å². The van der Waals surface area contributed by atoms with Gasteiger partial charge in [-0.1, -0.05) is 0 Å². The second-order valence-electron chi connectivity index (χ2n) is 9.17. The summed E-state index contributed by atoms with van der Waals surface area (Å²) in [4.78, 5) is 19.0. The van der Waals surface area contributed by atoms with Gasteiger partial charge in [0.1, 0.15) is 22.7 Å². The molecule has 3 N–H and O–H groups in total. The number of hydrogen-bond acceptors (Lipinski definition) is 6. The number of halogens is 1. The topological polar surface area (TPSA) is 98.4 Å². The van der Waals surface area contributed by atoms with Crippen molar-refractivity contribution in [1.82, 2.24) is 35.0 Å². The van der Waals surface area contributed by atoms with E-state index >= 15 is 0 Å². The first-order chi connectivity index (χ1) is 18.0. The van der Waals surface area contributed by atoms with E-state index in [4.69, 9.17) is 4.98 Å². The molecule has 0 saturated carbocycles. The molecule has 1 aromatic carbocycles. The van der Waals surface area contributed by atoms with Crippen LogP contribution in [0.2, 0.25) is 0 Å². The van der Waals surface area contributed by atoms with E-state index in [1.165, 1.54) is 6.07 Å². The van der Waals surface area contributed by atoms with Gasteiger partial charge >= 0.3 is 0 Å². The minimum Gasteiger partial charge on any atom is -0.384 e. The lowest BCUT2D eigenvalue weighted by Gasteiger charge is -2.13. The molecule has 0 bridgehead atoms. The van der Waals surface area contributed by atoms with Crippen molar-refractivity contribution >= 4 is 27.8 Å². The van der Waals surface area contributed by atoms with Crippen molar-refractivity contribution in [3.05, 3.63) is 79.0 Å². The molecule has 37 heavy (non-hydrogen) atoms. The molecule has 5 heterocycles. The van der Waals surface area contributed by atoms with Gasteiger partial charge in [0.05, 0.1) is 16.9 Å². The monoisotopic (exact) mass is 492 g/mol. The molecule has 0 unspecified atom stereocenters. The maximum atomic E-state index is 14.6. The first-order valence-corrected chi connectivity index (χ1v) is 12.0. The molecule has 0 aliphatic rings. The number of nitrogens with one attached hydrogen (secondary N) is 3. The highest BCUT2D eigenvalue weighted by Gasteiger charge is 2.16. The van der Waals surface area contributed by atoms with Gasteiger partial charge in [-0.2, -0.15) is 5.10 Å². The minimum absolute atomic E-state index is 0.295. The molecule has 0 fully saturated rings. The van der Waals surface area contributed by atoms with Crippen molar-refractivity contribution < 1.29 is 4.39 Å². The highest BCUT2D eigenvalue weighted by Crippen LogP contribution is 2.34. The Morgan fingerprint density at radius 3 is 2.76 bits per heavy atom. The van der Waals surface area contributed by atoms with Crippen molar-refractivity contribution in [2.45, 2.75) is 0 Å². The van der Waals surface area contributed by atoms with E-state index in [-0.39, 0.29) is 5.82 Å². The summed E-state index contributed by atoms with van der Waals surface area (Å²) < 4.78 is 14.6. The van der Waals surface area contributed by atoms with Gasteiger partial charge in [-0.3, -0.25) is 10.1 Å². The fourth-order valence-electron chi connectivity index (χ4n) is 4.44. The third-order valence-corrected chi connectivity index (χ3v) is 6.25. The van der Waals surface area contributed by atoms with E-state index in [9.17, 15) is 4.39 Å². The Hall–Kier alpha value is -4.63. The summed E-state index contributed by atoms with van der Waals surface area (Å²) in [6.07, 6.45) is 5.25. The number of H-pyrrole nitrogens is 2. The quantitative estimate of drug-likeness (QED) is 0.278. The van der Waals surface area contributed by atoms with Crippen LogP contribution in [0.1, 0.15) is 0 Å². The highest BCUT2D eigenvalue weighted by atomic mass is 19.1. The van der Waals surface area contributed by atoms with Crippen LogP contribution >= 0.6 is 0 Å². The number of aromatic amines is 2. The second-order valence-corrected chi connectivity index (χ2v) is 9.17. The van der Waals surface area contributed by atoms with Crippen LogP contribution in [0.15, 0.2) is 73.2 Å². The number of nitrogens with zero attached hydrogens (tertiary/aromatic N) is 5. The van der Waals surface area contributed by atoms with Crippen molar-refractivity contribution in [3.63, 3.8) is 0 Å². The van der Waals surface area contributed by atoms with Crippen LogP contribution in [0.5, 0.6) is 0 Å². The van der Waals surface area contributed by atoms with Gasteiger partial charge in [0.25, 0.3) is 0 Å². The van der Waals surface area contributed by atoms with E-state index in [0.717, 1.165) is 63.3 Å². The van der Waals surface area contributed by atoms with Gasteiger partial charge in [0, 0.05) is 48.3 Å². The molecule has 0 atom stereocenters. The number of anilines is 1. The van der Waals surface area contributed by atoms with Crippen molar-refractivity contribution in [1.29, 1.82) is 0 Å². The summed E-state index contributed by atoms with van der Waals surface area (Å²) in [5.74, 6) is -0.295. The number of fused-ring (bicyclic) bond motifs is 2. The lowest BCUT2D eigenvalue weighted by molar-refractivity contribution is 0.425. The lowest BCUT2D eigenvalue weighted by Crippen LogP contribution is -2.20. The van der Waals surface area contributed by atoms with Gasteiger partial charge < -0.3 is 15.2 Å². The third kappa shape index (κ3) is 4.52. The van der Waals surface area contributed by atoms with E-state index < -0.39 is 0 Å². The van der Waals surface area contributed by atoms with Crippen LogP contribution in [0.4, 0.5) is 10.1 Å². The molecule has 9 heteroatoms. The van der Waals surface area contributed by atoms with Crippen LogP contribution in [-0.2, 0) is 0 Å². The molecule has 8 nitrogen and oxygen atoms in total. The Labute approximate surface area is 212 Å². The average Bonchev–Trinajstić information content (AvgIpc) is 3.52. The number of benzene rings is 1. The molecular formula is C28H25FN8. The predicted octanol–water partition coefficient (Wildman–Crippen LogP) is 5.34.